The first kappa shape index (κ1) is 21.7. The Kier molecular flexibility index (Phi) is 6.88. The lowest BCUT2D eigenvalue weighted by molar-refractivity contribution is -0.384. The highest BCUT2D eigenvalue weighted by Crippen LogP contribution is 2.28. The third-order valence-electron chi connectivity index (χ3n) is 3.84. The number of nitro benzene ring substituents is 1. The summed E-state index contributed by atoms with van der Waals surface area (Å²) in [7, 11) is 0. The van der Waals surface area contributed by atoms with Crippen LogP contribution in [-0.4, -0.2) is 32.3 Å². The topological polar surface area (TPSA) is 186 Å². The molecule has 0 aliphatic heterocycles. The van der Waals surface area contributed by atoms with Crippen LogP contribution in [0.3, 0.4) is 0 Å². The van der Waals surface area contributed by atoms with Gasteiger partial charge in [0, 0.05) is 12.1 Å². The number of hydrazine groups is 2. The second-order valence-electron chi connectivity index (χ2n) is 6.01. The second-order valence-corrected chi connectivity index (χ2v) is 6.01. The molecule has 1 heterocycles. The van der Waals surface area contributed by atoms with Crippen LogP contribution in [0.5, 0.6) is 5.75 Å². The Bertz CT molecular complexity index is 1110. The summed E-state index contributed by atoms with van der Waals surface area (Å²) in [4.78, 5) is 40.5. The van der Waals surface area contributed by atoms with Crippen LogP contribution in [0.1, 0.15) is 0 Å². The van der Waals surface area contributed by atoms with Crippen molar-refractivity contribution in [2.45, 2.75) is 0 Å². The quantitative estimate of drug-likeness (QED) is 0.267. The van der Waals surface area contributed by atoms with Gasteiger partial charge in [-0.1, -0.05) is 18.2 Å². The van der Waals surface area contributed by atoms with Crippen LogP contribution in [0.4, 0.5) is 28.7 Å². The lowest BCUT2D eigenvalue weighted by Crippen LogP contribution is -2.34. The molecule has 2 aromatic carbocycles. The van der Waals surface area contributed by atoms with Gasteiger partial charge in [-0.05, 0) is 24.3 Å². The van der Waals surface area contributed by atoms with Crippen molar-refractivity contribution in [1.29, 1.82) is 0 Å². The van der Waals surface area contributed by atoms with Crippen molar-refractivity contribution >= 4 is 34.6 Å². The number of nitro groups is 2. The number of amides is 1. The zero-order valence-corrected chi connectivity index (χ0v) is 16.2. The fourth-order valence-electron chi connectivity index (χ4n) is 2.36. The van der Waals surface area contributed by atoms with E-state index in [-0.39, 0.29) is 23.9 Å². The predicted octanol–water partition coefficient (Wildman–Crippen LogP) is 2.25. The van der Waals surface area contributed by atoms with Crippen molar-refractivity contribution in [3.05, 3.63) is 81.2 Å². The average molecular weight is 440 g/mol. The first-order valence-corrected chi connectivity index (χ1v) is 8.92. The fourth-order valence-corrected chi connectivity index (χ4v) is 2.36. The molecule has 14 heteroatoms. The minimum atomic E-state index is -0.741. The van der Waals surface area contributed by atoms with Gasteiger partial charge in [-0.25, -0.2) is 9.97 Å². The van der Waals surface area contributed by atoms with E-state index in [1.807, 2.05) is 0 Å². The molecular formula is C18H16N8O6. The summed E-state index contributed by atoms with van der Waals surface area (Å²) in [5.74, 6) is -0.591. The van der Waals surface area contributed by atoms with Gasteiger partial charge in [0.2, 0.25) is 11.6 Å². The van der Waals surface area contributed by atoms with Crippen molar-refractivity contribution < 1.29 is 19.4 Å². The number of hydrogen-bond acceptors (Lipinski definition) is 11. The number of non-ortho nitro benzene ring substituents is 1. The number of anilines is 3. The van der Waals surface area contributed by atoms with Gasteiger partial charge in [0.15, 0.2) is 6.61 Å². The Morgan fingerprint density at radius 3 is 2.16 bits per heavy atom. The standard InChI is InChI=1S/C18H16N8O6/c27-15(10-32-14-4-2-1-3-5-14)22-24-18-16(26(30)31)17(19-11-20-18)23-21-12-6-8-13(9-7-12)25(28)29/h1-9,11,21H,10H2,(H,22,27)(H2,19,20,23,24). The highest BCUT2D eigenvalue weighted by atomic mass is 16.6. The Hall–Kier alpha value is -5.01. The number of hydrogen-bond donors (Lipinski definition) is 4. The predicted molar refractivity (Wildman–Crippen MR) is 113 cm³/mol. The molecule has 0 fully saturated rings. The molecule has 0 spiro atoms. The zero-order valence-electron chi connectivity index (χ0n) is 16.2. The largest absolute Gasteiger partial charge is 0.484 e. The first-order valence-electron chi connectivity index (χ1n) is 8.92. The van der Waals surface area contributed by atoms with Crippen molar-refractivity contribution in [2.24, 2.45) is 0 Å². The van der Waals surface area contributed by atoms with Gasteiger partial charge in [0.1, 0.15) is 12.1 Å². The number of aromatic nitrogens is 2. The van der Waals surface area contributed by atoms with E-state index in [0.717, 1.165) is 6.33 Å². The molecule has 0 aliphatic rings. The molecular weight excluding hydrogens is 424 g/mol. The summed E-state index contributed by atoms with van der Waals surface area (Å²) in [6.45, 7) is -0.331. The second kappa shape index (κ2) is 10.1. The lowest BCUT2D eigenvalue weighted by Gasteiger charge is -2.12. The van der Waals surface area contributed by atoms with E-state index in [4.69, 9.17) is 4.74 Å². The number of carbonyl (C=O) groups is 1. The number of nitrogens with one attached hydrogen (secondary N) is 4. The fraction of sp³-hybridized carbons (Fsp3) is 0.0556. The van der Waals surface area contributed by atoms with E-state index in [1.165, 1.54) is 24.3 Å². The highest BCUT2D eigenvalue weighted by Gasteiger charge is 2.23. The van der Waals surface area contributed by atoms with Gasteiger partial charge < -0.3 is 4.74 Å². The van der Waals surface area contributed by atoms with Gasteiger partial charge in [-0.3, -0.25) is 46.7 Å². The van der Waals surface area contributed by atoms with Gasteiger partial charge in [-0.2, -0.15) is 0 Å². The van der Waals surface area contributed by atoms with Crippen LogP contribution in [0, 0.1) is 20.2 Å². The summed E-state index contributed by atoms with van der Waals surface area (Å²) >= 11 is 0. The molecule has 0 atom stereocenters. The van der Waals surface area contributed by atoms with Crippen molar-refractivity contribution in [3.63, 3.8) is 0 Å². The molecule has 3 rings (SSSR count). The Morgan fingerprint density at radius 2 is 1.53 bits per heavy atom. The molecule has 0 aliphatic carbocycles. The maximum Gasteiger partial charge on any atom is 0.356 e. The number of nitrogens with zero attached hydrogens (tertiary/aromatic N) is 4. The third-order valence-corrected chi connectivity index (χ3v) is 3.84. The number of ether oxygens (including phenoxy) is 1. The van der Waals surface area contributed by atoms with Crippen molar-refractivity contribution in [2.75, 3.05) is 22.9 Å². The molecule has 1 amide bonds. The smallest absolute Gasteiger partial charge is 0.356 e. The Labute approximate surface area is 179 Å². The summed E-state index contributed by atoms with van der Waals surface area (Å²) < 4.78 is 5.29. The van der Waals surface area contributed by atoms with Gasteiger partial charge in [0.05, 0.1) is 15.5 Å². The molecule has 0 saturated carbocycles. The molecule has 1 aromatic heterocycles. The maximum absolute atomic E-state index is 12.0. The third kappa shape index (κ3) is 5.76. The summed E-state index contributed by atoms with van der Waals surface area (Å²) in [5.41, 5.74) is 9.56. The Balaban J connectivity index is 1.63. The number of carbonyl (C=O) groups excluding carboxylic acids is 1. The van der Waals surface area contributed by atoms with E-state index in [0.29, 0.717) is 11.4 Å². The minimum Gasteiger partial charge on any atom is -0.484 e. The lowest BCUT2D eigenvalue weighted by atomic mass is 10.3. The molecule has 32 heavy (non-hydrogen) atoms. The van der Waals surface area contributed by atoms with Crippen LogP contribution >= 0.6 is 0 Å². The monoisotopic (exact) mass is 440 g/mol. The highest BCUT2D eigenvalue weighted by molar-refractivity contribution is 5.80. The molecule has 0 saturated heterocycles. The maximum atomic E-state index is 12.0. The SMILES string of the molecule is O=C(COc1ccccc1)NNc1ncnc(NNc2ccc([N+](=O)[O-])cc2)c1[N+](=O)[O-]. The first-order chi connectivity index (χ1) is 15.4. The van der Waals surface area contributed by atoms with Gasteiger partial charge in [0.25, 0.3) is 11.6 Å². The van der Waals surface area contributed by atoms with Gasteiger partial charge >= 0.3 is 5.69 Å². The molecule has 164 valence electrons. The van der Waals surface area contributed by atoms with Crippen LogP contribution < -0.4 is 26.4 Å². The van der Waals surface area contributed by atoms with Crippen molar-refractivity contribution in [3.8, 4) is 5.75 Å². The molecule has 0 bridgehead atoms. The van der Waals surface area contributed by atoms with E-state index in [1.54, 1.807) is 30.3 Å². The summed E-state index contributed by atoms with van der Waals surface area (Å²) in [6.07, 6.45) is 1.04. The van der Waals surface area contributed by atoms with E-state index < -0.39 is 21.4 Å². The Morgan fingerprint density at radius 1 is 0.875 bits per heavy atom. The summed E-state index contributed by atoms with van der Waals surface area (Å²) in [5, 5.41) is 22.2. The van der Waals surface area contributed by atoms with Crippen LogP contribution in [0.2, 0.25) is 0 Å². The molecule has 0 unspecified atom stereocenters. The summed E-state index contributed by atoms with van der Waals surface area (Å²) in [6, 6.07) is 14.0. The zero-order chi connectivity index (χ0) is 22.9. The van der Waals surface area contributed by atoms with Crippen LogP contribution in [0.15, 0.2) is 60.9 Å². The van der Waals surface area contributed by atoms with E-state index in [2.05, 4.69) is 31.7 Å². The number of rotatable bonds is 10. The molecule has 14 nitrogen and oxygen atoms in total. The number of para-hydroxylation sites is 1. The molecule has 0 radical (unpaired) electrons. The average Bonchev–Trinajstić information content (AvgIpc) is 2.80. The van der Waals surface area contributed by atoms with Gasteiger partial charge in [-0.15, -0.1) is 0 Å². The molecule has 4 N–H and O–H groups in total. The van der Waals surface area contributed by atoms with Crippen LogP contribution in [-0.2, 0) is 4.79 Å². The van der Waals surface area contributed by atoms with E-state index >= 15 is 0 Å². The minimum absolute atomic E-state index is 0.109. The van der Waals surface area contributed by atoms with Crippen molar-refractivity contribution in [1.82, 2.24) is 15.4 Å². The number of benzene rings is 2. The normalized spacial score (nSPS) is 10.0. The van der Waals surface area contributed by atoms with E-state index in [9.17, 15) is 25.0 Å². The van der Waals surface area contributed by atoms with Crippen LogP contribution in [0.25, 0.3) is 0 Å². The molecule has 3 aromatic rings.